The van der Waals surface area contributed by atoms with Gasteiger partial charge in [0, 0.05) is 31.5 Å². The van der Waals surface area contributed by atoms with Crippen molar-refractivity contribution in [1.82, 2.24) is 9.97 Å². The summed E-state index contributed by atoms with van der Waals surface area (Å²) in [5.41, 5.74) is 6.95. The molecule has 0 bridgehead atoms. The molecule has 3 rings (SSSR count). The molecule has 2 N–H and O–H groups in total. The van der Waals surface area contributed by atoms with Crippen molar-refractivity contribution in [2.24, 2.45) is 17.6 Å². The first-order valence-corrected chi connectivity index (χ1v) is 8.04. The fourth-order valence-electron chi connectivity index (χ4n) is 3.77. The van der Waals surface area contributed by atoms with Crippen LogP contribution >= 0.6 is 0 Å². The first-order valence-electron chi connectivity index (χ1n) is 8.04. The standard InChI is InChI=1S/C16H26N4/c1-12(17)8-13-9-18-16(19-10-13)20-7-6-14-4-2-3-5-15(14)11-20/h9-10,12,14-15H,2-8,11,17H2,1H3. The number of aromatic nitrogens is 2. The molecule has 1 aliphatic carbocycles. The quantitative estimate of drug-likeness (QED) is 0.919. The minimum atomic E-state index is 0.169. The van der Waals surface area contributed by atoms with E-state index in [9.17, 15) is 0 Å². The summed E-state index contributed by atoms with van der Waals surface area (Å²) < 4.78 is 0. The molecule has 3 atom stereocenters. The summed E-state index contributed by atoms with van der Waals surface area (Å²) in [5.74, 6) is 2.73. The first kappa shape index (κ1) is 13.8. The van der Waals surface area contributed by atoms with Gasteiger partial charge in [-0.15, -0.1) is 0 Å². The summed E-state index contributed by atoms with van der Waals surface area (Å²) in [4.78, 5) is 11.5. The van der Waals surface area contributed by atoms with Gasteiger partial charge in [-0.2, -0.15) is 0 Å². The van der Waals surface area contributed by atoms with Gasteiger partial charge in [-0.25, -0.2) is 9.97 Å². The fourth-order valence-corrected chi connectivity index (χ4v) is 3.77. The number of nitrogens with zero attached hydrogens (tertiary/aromatic N) is 3. The average Bonchev–Trinajstić information content (AvgIpc) is 2.47. The Morgan fingerprint density at radius 2 is 1.90 bits per heavy atom. The van der Waals surface area contributed by atoms with Gasteiger partial charge in [0.2, 0.25) is 5.95 Å². The molecule has 2 heterocycles. The van der Waals surface area contributed by atoms with Crippen molar-refractivity contribution >= 4 is 5.95 Å². The number of fused-ring (bicyclic) bond motifs is 1. The van der Waals surface area contributed by atoms with Gasteiger partial charge in [0.1, 0.15) is 0 Å². The van der Waals surface area contributed by atoms with Crippen molar-refractivity contribution < 1.29 is 0 Å². The summed E-state index contributed by atoms with van der Waals surface area (Å²) in [6.07, 6.45) is 11.7. The molecular formula is C16H26N4. The number of hydrogen-bond acceptors (Lipinski definition) is 4. The smallest absolute Gasteiger partial charge is 0.225 e. The lowest BCUT2D eigenvalue weighted by atomic mass is 9.75. The molecule has 4 nitrogen and oxygen atoms in total. The number of nitrogens with two attached hydrogens (primary N) is 1. The summed E-state index contributed by atoms with van der Waals surface area (Å²) in [5, 5.41) is 0. The number of anilines is 1. The molecule has 1 aliphatic heterocycles. The van der Waals surface area contributed by atoms with E-state index in [2.05, 4.69) is 14.9 Å². The van der Waals surface area contributed by atoms with E-state index in [1.807, 2.05) is 19.3 Å². The van der Waals surface area contributed by atoms with Gasteiger partial charge < -0.3 is 10.6 Å². The van der Waals surface area contributed by atoms with Crippen LogP contribution in [-0.4, -0.2) is 29.1 Å². The van der Waals surface area contributed by atoms with E-state index in [1.165, 1.54) is 32.1 Å². The highest BCUT2D eigenvalue weighted by atomic mass is 15.3. The molecular weight excluding hydrogens is 248 g/mol. The molecule has 1 saturated heterocycles. The number of hydrogen-bond donors (Lipinski definition) is 1. The van der Waals surface area contributed by atoms with Crippen LogP contribution in [0.4, 0.5) is 5.95 Å². The lowest BCUT2D eigenvalue weighted by Crippen LogP contribution is -2.42. The molecule has 0 amide bonds. The molecule has 20 heavy (non-hydrogen) atoms. The maximum atomic E-state index is 5.81. The lowest BCUT2D eigenvalue weighted by Gasteiger charge is -2.41. The average molecular weight is 274 g/mol. The molecule has 1 aromatic rings. The monoisotopic (exact) mass is 274 g/mol. The van der Waals surface area contributed by atoms with E-state index in [0.717, 1.165) is 42.9 Å². The Bertz CT molecular complexity index is 429. The van der Waals surface area contributed by atoms with E-state index < -0.39 is 0 Å². The second-order valence-electron chi connectivity index (χ2n) is 6.61. The van der Waals surface area contributed by atoms with Crippen LogP contribution in [0.25, 0.3) is 0 Å². The van der Waals surface area contributed by atoms with Crippen LogP contribution in [0, 0.1) is 11.8 Å². The van der Waals surface area contributed by atoms with Crippen LogP contribution in [0.1, 0.15) is 44.6 Å². The van der Waals surface area contributed by atoms with Gasteiger partial charge in [0.15, 0.2) is 0 Å². The molecule has 4 heteroatoms. The minimum absolute atomic E-state index is 0.169. The Morgan fingerprint density at radius 3 is 2.60 bits per heavy atom. The minimum Gasteiger partial charge on any atom is -0.341 e. The third kappa shape index (κ3) is 3.11. The first-order chi connectivity index (χ1) is 9.72. The van der Waals surface area contributed by atoms with Gasteiger partial charge in [0.25, 0.3) is 0 Å². The van der Waals surface area contributed by atoms with Gasteiger partial charge >= 0.3 is 0 Å². The highest BCUT2D eigenvalue weighted by Crippen LogP contribution is 2.36. The van der Waals surface area contributed by atoms with Gasteiger partial charge in [-0.05, 0) is 43.6 Å². The Hall–Kier alpha value is -1.16. The lowest BCUT2D eigenvalue weighted by molar-refractivity contribution is 0.201. The van der Waals surface area contributed by atoms with Crippen molar-refractivity contribution in [3.63, 3.8) is 0 Å². The van der Waals surface area contributed by atoms with Crippen LogP contribution in [0.5, 0.6) is 0 Å². The van der Waals surface area contributed by atoms with E-state index in [1.54, 1.807) is 0 Å². The third-order valence-electron chi connectivity index (χ3n) is 4.82. The van der Waals surface area contributed by atoms with Crippen molar-refractivity contribution in [2.45, 2.75) is 51.5 Å². The predicted octanol–water partition coefficient (Wildman–Crippen LogP) is 2.38. The molecule has 2 fully saturated rings. The highest BCUT2D eigenvalue weighted by molar-refractivity contribution is 5.31. The van der Waals surface area contributed by atoms with E-state index in [-0.39, 0.29) is 6.04 Å². The Labute approximate surface area is 121 Å². The highest BCUT2D eigenvalue weighted by Gasteiger charge is 2.31. The van der Waals surface area contributed by atoms with Gasteiger partial charge in [0.05, 0.1) is 0 Å². The van der Waals surface area contributed by atoms with Crippen molar-refractivity contribution in [1.29, 1.82) is 0 Å². The fraction of sp³-hybridized carbons (Fsp3) is 0.750. The third-order valence-corrected chi connectivity index (χ3v) is 4.82. The topological polar surface area (TPSA) is 55.0 Å². The Morgan fingerprint density at radius 1 is 1.20 bits per heavy atom. The van der Waals surface area contributed by atoms with Crippen molar-refractivity contribution in [3.8, 4) is 0 Å². The van der Waals surface area contributed by atoms with Gasteiger partial charge in [-0.1, -0.05) is 19.3 Å². The molecule has 0 aromatic carbocycles. The van der Waals surface area contributed by atoms with Crippen LogP contribution in [-0.2, 0) is 6.42 Å². The summed E-state index contributed by atoms with van der Waals surface area (Å²) in [7, 11) is 0. The SMILES string of the molecule is CC(N)Cc1cnc(N2CCC3CCCCC3C2)nc1. The van der Waals surface area contributed by atoms with Crippen molar-refractivity contribution in [3.05, 3.63) is 18.0 Å². The zero-order valence-corrected chi connectivity index (χ0v) is 12.5. The summed E-state index contributed by atoms with van der Waals surface area (Å²) >= 11 is 0. The molecule has 0 spiro atoms. The number of piperidine rings is 1. The largest absolute Gasteiger partial charge is 0.341 e. The zero-order valence-electron chi connectivity index (χ0n) is 12.5. The molecule has 1 saturated carbocycles. The summed E-state index contributed by atoms with van der Waals surface area (Å²) in [6, 6.07) is 0.169. The second-order valence-corrected chi connectivity index (χ2v) is 6.61. The molecule has 2 aliphatic rings. The van der Waals surface area contributed by atoms with Crippen LogP contribution in [0.2, 0.25) is 0 Å². The maximum Gasteiger partial charge on any atom is 0.225 e. The van der Waals surface area contributed by atoms with E-state index in [4.69, 9.17) is 5.73 Å². The molecule has 1 aromatic heterocycles. The molecule has 110 valence electrons. The van der Waals surface area contributed by atoms with Gasteiger partial charge in [-0.3, -0.25) is 0 Å². The Balaban J connectivity index is 1.64. The van der Waals surface area contributed by atoms with E-state index in [0.29, 0.717) is 0 Å². The normalized spacial score (nSPS) is 28.0. The maximum absolute atomic E-state index is 5.81. The zero-order chi connectivity index (χ0) is 13.9. The summed E-state index contributed by atoms with van der Waals surface area (Å²) in [6.45, 7) is 4.28. The molecule has 3 unspecified atom stereocenters. The Kier molecular flexibility index (Phi) is 4.20. The predicted molar refractivity (Wildman–Crippen MR) is 81.7 cm³/mol. The van der Waals surface area contributed by atoms with Crippen LogP contribution in [0.3, 0.4) is 0 Å². The van der Waals surface area contributed by atoms with Crippen LogP contribution < -0.4 is 10.6 Å². The second kappa shape index (κ2) is 6.08. The number of rotatable bonds is 3. The van der Waals surface area contributed by atoms with E-state index >= 15 is 0 Å². The molecule has 0 radical (unpaired) electrons. The van der Waals surface area contributed by atoms with Crippen LogP contribution in [0.15, 0.2) is 12.4 Å². The van der Waals surface area contributed by atoms with Crippen molar-refractivity contribution in [2.75, 3.05) is 18.0 Å².